The fraction of sp³-hybridized carbons (Fsp3) is 0.263. The number of aryl methyl sites for hydroxylation is 1. The molecule has 3 aromatic rings. The SMILES string of the molecule is CNCCCOc1cc(C)nc(-c2ccc3cc(O)ccc3c2)n1. The number of nitrogens with one attached hydrogen (secondary N) is 1. The van der Waals surface area contributed by atoms with E-state index in [2.05, 4.69) is 15.3 Å². The van der Waals surface area contributed by atoms with Crippen LogP contribution in [0.25, 0.3) is 22.2 Å². The first-order chi connectivity index (χ1) is 11.7. The summed E-state index contributed by atoms with van der Waals surface area (Å²) in [6.45, 7) is 3.47. The van der Waals surface area contributed by atoms with Gasteiger partial charge in [-0.3, -0.25) is 0 Å². The minimum absolute atomic E-state index is 0.263. The second-order valence-corrected chi connectivity index (χ2v) is 5.72. The van der Waals surface area contributed by atoms with E-state index in [1.165, 1.54) is 0 Å². The third kappa shape index (κ3) is 3.81. The van der Waals surface area contributed by atoms with E-state index >= 15 is 0 Å². The van der Waals surface area contributed by atoms with Gasteiger partial charge in [-0.25, -0.2) is 4.98 Å². The summed E-state index contributed by atoms with van der Waals surface area (Å²) in [5.41, 5.74) is 1.80. The predicted molar refractivity (Wildman–Crippen MR) is 95.4 cm³/mol. The van der Waals surface area contributed by atoms with Crippen LogP contribution >= 0.6 is 0 Å². The molecule has 1 heterocycles. The van der Waals surface area contributed by atoms with Crippen LogP contribution in [0.5, 0.6) is 11.6 Å². The van der Waals surface area contributed by atoms with Crippen LogP contribution < -0.4 is 10.1 Å². The average Bonchev–Trinajstić information content (AvgIpc) is 2.58. The maximum absolute atomic E-state index is 9.56. The van der Waals surface area contributed by atoms with Crippen molar-refractivity contribution in [1.82, 2.24) is 15.3 Å². The maximum Gasteiger partial charge on any atom is 0.217 e. The zero-order chi connectivity index (χ0) is 16.9. The molecular formula is C19H21N3O2. The molecule has 3 rings (SSSR count). The van der Waals surface area contributed by atoms with Gasteiger partial charge in [0, 0.05) is 17.3 Å². The van der Waals surface area contributed by atoms with Gasteiger partial charge in [-0.1, -0.05) is 18.2 Å². The summed E-state index contributed by atoms with van der Waals surface area (Å²) in [6.07, 6.45) is 0.925. The Bertz CT molecular complexity index is 849. The Morgan fingerprint density at radius 3 is 2.67 bits per heavy atom. The van der Waals surface area contributed by atoms with E-state index in [1.54, 1.807) is 12.1 Å². The largest absolute Gasteiger partial charge is 0.508 e. The van der Waals surface area contributed by atoms with Crippen LogP contribution in [0.1, 0.15) is 12.1 Å². The van der Waals surface area contributed by atoms with Crippen LogP contribution in [0.2, 0.25) is 0 Å². The number of hydrogen-bond acceptors (Lipinski definition) is 5. The van der Waals surface area contributed by atoms with Crippen LogP contribution in [0.15, 0.2) is 42.5 Å². The van der Waals surface area contributed by atoms with E-state index in [-0.39, 0.29) is 5.75 Å². The molecule has 0 unspecified atom stereocenters. The summed E-state index contributed by atoms with van der Waals surface area (Å²) in [5, 5.41) is 14.7. The molecule has 5 nitrogen and oxygen atoms in total. The molecule has 0 spiro atoms. The molecule has 5 heteroatoms. The average molecular weight is 323 g/mol. The normalized spacial score (nSPS) is 10.9. The molecule has 0 bridgehead atoms. The molecule has 0 fully saturated rings. The number of phenols is 1. The highest BCUT2D eigenvalue weighted by Gasteiger charge is 2.07. The molecule has 2 aromatic carbocycles. The van der Waals surface area contributed by atoms with Crippen LogP contribution in [-0.4, -0.2) is 35.3 Å². The number of hydrogen-bond donors (Lipinski definition) is 2. The molecule has 2 N–H and O–H groups in total. The van der Waals surface area contributed by atoms with Gasteiger partial charge in [0.25, 0.3) is 0 Å². The van der Waals surface area contributed by atoms with Gasteiger partial charge in [-0.05, 0) is 55.9 Å². The molecule has 0 amide bonds. The summed E-state index contributed by atoms with van der Waals surface area (Å²) in [7, 11) is 1.92. The quantitative estimate of drug-likeness (QED) is 0.681. The van der Waals surface area contributed by atoms with Gasteiger partial charge in [0.2, 0.25) is 5.88 Å². The molecule has 0 saturated carbocycles. The zero-order valence-corrected chi connectivity index (χ0v) is 13.9. The van der Waals surface area contributed by atoms with Crippen LogP contribution in [0.4, 0.5) is 0 Å². The van der Waals surface area contributed by atoms with Gasteiger partial charge in [0.15, 0.2) is 5.82 Å². The topological polar surface area (TPSA) is 67.3 Å². The monoisotopic (exact) mass is 323 g/mol. The minimum atomic E-state index is 0.263. The van der Waals surface area contributed by atoms with Crippen molar-refractivity contribution in [3.8, 4) is 23.0 Å². The molecular weight excluding hydrogens is 302 g/mol. The number of aromatic hydroxyl groups is 1. The fourth-order valence-electron chi connectivity index (χ4n) is 2.54. The van der Waals surface area contributed by atoms with Crippen molar-refractivity contribution in [2.24, 2.45) is 0 Å². The van der Waals surface area contributed by atoms with Crippen molar-refractivity contribution in [1.29, 1.82) is 0 Å². The number of nitrogens with zero attached hydrogens (tertiary/aromatic N) is 2. The van der Waals surface area contributed by atoms with Gasteiger partial charge in [-0.15, -0.1) is 0 Å². The van der Waals surface area contributed by atoms with E-state index in [0.717, 1.165) is 35.0 Å². The van der Waals surface area contributed by atoms with Crippen LogP contribution in [-0.2, 0) is 0 Å². The molecule has 1 aromatic heterocycles. The molecule has 24 heavy (non-hydrogen) atoms. The molecule has 0 aliphatic heterocycles. The third-order valence-electron chi connectivity index (χ3n) is 3.73. The molecule has 0 atom stereocenters. The van der Waals surface area contributed by atoms with E-state index < -0.39 is 0 Å². The fourth-order valence-corrected chi connectivity index (χ4v) is 2.54. The second-order valence-electron chi connectivity index (χ2n) is 5.72. The van der Waals surface area contributed by atoms with Crippen LogP contribution in [0, 0.1) is 6.92 Å². The van der Waals surface area contributed by atoms with E-state index in [0.29, 0.717) is 18.3 Å². The van der Waals surface area contributed by atoms with E-state index in [4.69, 9.17) is 4.74 Å². The number of ether oxygens (including phenoxy) is 1. The van der Waals surface area contributed by atoms with E-state index in [1.807, 2.05) is 44.3 Å². The number of fused-ring (bicyclic) bond motifs is 1. The highest BCUT2D eigenvalue weighted by atomic mass is 16.5. The standard InChI is InChI=1S/C19H21N3O2/c1-13-10-18(24-9-3-8-20-2)22-19(21-13)16-5-4-15-12-17(23)7-6-14(15)11-16/h4-7,10-12,20,23H,3,8-9H2,1-2H3. The lowest BCUT2D eigenvalue weighted by molar-refractivity contribution is 0.298. The van der Waals surface area contributed by atoms with Crippen molar-refractivity contribution in [3.63, 3.8) is 0 Å². The number of rotatable bonds is 6. The van der Waals surface area contributed by atoms with Crippen molar-refractivity contribution in [3.05, 3.63) is 48.2 Å². The first-order valence-electron chi connectivity index (χ1n) is 8.02. The van der Waals surface area contributed by atoms with Gasteiger partial charge in [0.05, 0.1) is 6.61 Å². The molecule has 0 saturated heterocycles. The third-order valence-corrected chi connectivity index (χ3v) is 3.73. The summed E-state index contributed by atoms with van der Waals surface area (Å²) in [5.74, 6) is 1.51. The Balaban J connectivity index is 1.88. The second kappa shape index (κ2) is 7.27. The maximum atomic E-state index is 9.56. The highest BCUT2D eigenvalue weighted by molar-refractivity contribution is 5.87. The Morgan fingerprint density at radius 2 is 1.83 bits per heavy atom. The number of aromatic nitrogens is 2. The van der Waals surface area contributed by atoms with Gasteiger partial charge >= 0.3 is 0 Å². The molecule has 124 valence electrons. The molecule has 0 aliphatic rings. The van der Waals surface area contributed by atoms with E-state index in [9.17, 15) is 5.11 Å². The predicted octanol–water partition coefficient (Wildman–Crippen LogP) is 3.30. The number of phenolic OH excluding ortho intramolecular Hbond substituents is 1. The number of benzene rings is 2. The van der Waals surface area contributed by atoms with Crippen LogP contribution in [0.3, 0.4) is 0 Å². The summed E-state index contributed by atoms with van der Waals surface area (Å²) in [6, 6.07) is 13.1. The summed E-state index contributed by atoms with van der Waals surface area (Å²) in [4.78, 5) is 9.04. The Labute approximate surface area is 141 Å². The molecule has 0 radical (unpaired) electrons. The van der Waals surface area contributed by atoms with Gasteiger partial charge < -0.3 is 15.2 Å². The Morgan fingerprint density at radius 1 is 1.04 bits per heavy atom. The van der Waals surface area contributed by atoms with Gasteiger partial charge in [0.1, 0.15) is 5.75 Å². The lowest BCUT2D eigenvalue weighted by Gasteiger charge is -2.09. The smallest absolute Gasteiger partial charge is 0.217 e. The highest BCUT2D eigenvalue weighted by Crippen LogP contribution is 2.26. The Kier molecular flexibility index (Phi) is 4.91. The van der Waals surface area contributed by atoms with Crippen molar-refractivity contribution >= 4 is 10.8 Å². The summed E-state index contributed by atoms with van der Waals surface area (Å²) >= 11 is 0. The minimum Gasteiger partial charge on any atom is -0.508 e. The molecule has 0 aliphatic carbocycles. The lowest BCUT2D eigenvalue weighted by Crippen LogP contribution is -2.12. The lowest BCUT2D eigenvalue weighted by atomic mass is 10.1. The first-order valence-corrected chi connectivity index (χ1v) is 8.02. The van der Waals surface area contributed by atoms with Crippen molar-refractivity contribution in [2.45, 2.75) is 13.3 Å². The summed E-state index contributed by atoms with van der Waals surface area (Å²) < 4.78 is 5.73. The zero-order valence-electron chi connectivity index (χ0n) is 13.9. The van der Waals surface area contributed by atoms with Gasteiger partial charge in [-0.2, -0.15) is 4.98 Å². The van der Waals surface area contributed by atoms with Crippen molar-refractivity contribution < 1.29 is 9.84 Å². The Hall–Kier alpha value is -2.66. The van der Waals surface area contributed by atoms with Crippen molar-refractivity contribution in [2.75, 3.05) is 20.2 Å². The first kappa shape index (κ1) is 16.2.